The monoisotopic (exact) mass is 289 g/mol. The van der Waals surface area contributed by atoms with Crippen LogP contribution in [0, 0.1) is 0 Å². The summed E-state index contributed by atoms with van der Waals surface area (Å²) in [6.45, 7) is 9.64. The molecule has 0 fully saturated rings. The highest BCUT2D eigenvalue weighted by Crippen LogP contribution is 2.17. The summed E-state index contributed by atoms with van der Waals surface area (Å²) in [5.41, 5.74) is 2.14. The van der Waals surface area contributed by atoms with Crippen LogP contribution in [0.3, 0.4) is 0 Å². The number of hydrogen-bond acceptors (Lipinski definition) is 3. The van der Waals surface area contributed by atoms with E-state index in [-0.39, 0.29) is 5.54 Å². The van der Waals surface area contributed by atoms with Gasteiger partial charge in [0.15, 0.2) is 0 Å². The second kappa shape index (κ2) is 6.58. The van der Waals surface area contributed by atoms with Crippen LogP contribution in [0.5, 0.6) is 0 Å². The third kappa shape index (κ3) is 4.29. The topological polar surface area (TPSA) is 50.1 Å². The van der Waals surface area contributed by atoms with E-state index in [1.807, 2.05) is 18.2 Å². The minimum absolute atomic E-state index is 0.0181. The Labute approximate surface area is 127 Å². The first-order chi connectivity index (χ1) is 9.90. The van der Waals surface area contributed by atoms with Crippen LogP contribution < -0.4 is 5.32 Å². The standard InChI is InChI=1S/C17H27N3O/c1-5-8-16-19-14-9-6-7-10-15(14)20(16)12-13(21)11-18-17(2,3)4/h6-7,9-10,13,18,21H,5,8,11-12H2,1-4H3. The maximum absolute atomic E-state index is 10.3. The normalized spacial score (nSPS) is 13.8. The average molecular weight is 289 g/mol. The summed E-state index contributed by atoms with van der Waals surface area (Å²) in [4.78, 5) is 4.70. The molecule has 0 amide bonds. The maximum atomic E-state index is 10.3. The van der Waals surface area contributed by atoms with Crippen molar-refractivity contribution in [2.45, 2.75) is 58.7 Å². The fraction of sp³-hybridized carbons (Fsp3) is 0.588. The van der Waals surface area contributed by atoms with Crippen LogP contribution in [-0.2, 0) is 13.0 Å². The lowest BCUT2D eigenvalue weighted by Crippen LogP contribution is -2.42. The predicted octanol–water partition coefficient (Wildman–Crippen LogP) is 2.74. The van der Waals surface area contributed by atoms with Crippen molar-refractivity contribution in [2.24, 2.45) is 0 Å². The number of benzene rings is 1. The van der Waals surface area contributed by atoms with Crippen molar-refractivity contribution < 1.29 is 5.11 Å². The largest absolute Gasteiger partial charge is 0.390 e. The van der Waals surface area contributed by atoms with Crippen molar-refractivity contribution in [3.8, 4) is 0 Å². The zero-order valence-corrected chi connectivity index (χ0v) is 13.6. The molecule has 0 bridgehead atoms. The van der Waals surface area contributed by atoms with E-state index >= 15 is 0 Å². The summed E-state index contributed by atoms with van der Waals surface area (Å²) in [5, 5.41) is 13.7. The molecule has 1 heterocycles. The molecule has 0 aliphatic rings. The maximum Gasteiger partial charge on any atom is 0.109 e. The van der Waals surface area contributed by atoms with E-state index in [0.717, 1.165) is 29.7 Å². The van der Waals surface area contributed by atoms with E-state index in [4.69, 9.17) is 4.98 Å². The molecule has 2 rings (SSSR count). The van der Waals surface area contributed by atoms with Gasteiger partial charge in [0.2, 0.25) is 0 Å². The van der Waals surface area contributed by atoms with Crippen LogP contribution in [0.4, 0.5) is 0 Å². The molecule has 0 radical (unpaired) electrons. The zero-order valence-electron chi connectivity index (χ0n) is 13.6. The molecule has 0 saturated carbocycles. The Morgan fingerprint density at radius 1 is 1.29 bits per heavy atom. The van der Waals surface area contributed by atoms with Crippen molar-refractivity contribution >= 4 is 11.0 Å². The Kier molecular flexibility index (Phi) is 5.01. The van der Waals surface area contributed by atoms with Gasteiger partial charge >= 0.3 is 0 Å². The van der Waals surface area contributed by atoms with Gasteiger partial charge in [-0.2, -0.15) is 0 Å². The number of imidazole rings is 1. The summed E-state index contributed by atoms with van der Waals surface area (Å²) in [6, 6.07) is 8.14. The summed E-state index contributed by atoms with van der Waals surface area (Å²) in [5.74, 6) is 1.06. The molecule has 2 N–H and O–H groups in total. The fourth-order valence-corrected chi connectivity index (χ4v) is 2.44. The van der Waals surface area contributed by atoms with Crippen molar-refractivity contribution in [3.63, 3.8) is 0 Å². The summed E-state index contributed by atoms with van der Waals surface area (Å²) in [6.07, 6.45) is 1.57. The lowest BCUT2D eigenvalue weighted by Gasteiger charge is -2.23. The summed E-state index contributed by atoms with van der Waals surface area (Å²) >= 11 is 0. The van der Waals surface area contributed by atoms with Gasteiger partial charge in [-0.05, 0) is 39.3 Å². The zero-order chi connectivity index (χ0) is 15.5. The number of aliphatic hydroxyl groups excluding tert-OH is 1. The van der Waals surface area contributed by atoms with Gasteiger partial charge < -0.3 is 15.0 Å². The number of aliphatic hydroxyl groups is 1. The third-order valence-corrected chi connectivity index (χ3v) is 3.47. The van der Waals surface area contributed by atoms with Gasteiger partial charge in [-0.1, -0.05) is 19.1 Å². The molecule has 4 nitrogen and oxygen atoms in total. The molecule has 0 aliphatic heterocycles. The summed E-state index contributed by atoms with van der Waals surface area (Å²) in [7, 11) is 0. The highest BCUT2D eigenvalue weighted by molar-refractivity contribution is 5.75. The number of aryl methyl sites for hydroxylation is 1. The first-order valence-electron chi connectivity index (χ1n) is 7.78. The summed E-state index contributed by atoms with van der Waals surface area (Å²) < 4.78 is 2.16. The van der Waals surface area contributed by atoms with E-state index in [0.29, 0.717) is 13.1 Å². The molecule has 0 aliphatic carbocycles. The number of nitrogens with one attached hydrogen (secondary N) is 1. The number of para-hydroxylation sites is 2. The highest BCUT2D eigenvalue weighted by atomic mass is 16.3. The smallest absolute Gasteiger partial charge is 0.109 e. The molecule has 0 saturated heterocycles. The Morgan fingerprint density at radius 2 is 2.00 bits per heavy atom. The Morgan fingerprint density at radius 3 is 2.67 bits per heavy atom. The van der Waals surface area contributed by atoms with Crippen LogP contribution in [0.1, 0.15) is 39.9 Å². The number of hydrogen-bond donors (Lipinski definition) is 2. The van der Waals surface area contributed by atoms with Crippen molar-refractivity contribution in [2.75, 3.05) is 6.54 Å². The van der Waals surface area contributed by atoms with E-state index in [2.05, 4.69) is 43.6 Å². The first kappa shape index (κ1) is 16.0. The van der Waals surface area contributed by atoms with Crippen molar-refractivity contribution in [1.82, 2.24) is 14.9 Å². The molecular weight excluding hydrogens is 262 g/mol. The number of fused-ring (bicyclic) bond motifs is 1. The Bertz CT molecular complexity index is 583. The van der Waals surface area contributed by atoms with Gasteiger partial charge in [-0.15, -0.1) is 0 Å². The number of aromatic nitrogens is 2. The second-order valence-corrected chi connectivity index (χ2v) is 6.66. The number of β-amino-alcohol motifs (C(OH)–C–C–N with tert-alkyl or cyclic N) is 1. The van der Waals surface area contributed by atoms with Gasteiger partial charge in [-0.3, -0.25) is 0 Å². The van der Waals surface area contributed by atoms with E-state index in [1.165, 1.54) is 0 Å². The van der Waals surface area contributed by atoms with Crippen molar-refractivity contribution in [1.29, 1.82) is 0 Å². The van der Waals surface area contributed by atoms with Gasteiger partial charge in [0, 0.05) is 18.5 Å². The van der Waals surface area contributed by atoms with Crippen LogP contribution in [0.15, 0.2) is 24.3 Å². The predicted molar refractivity (Wildman–Crippen MR) is 87.5 cm³/mol. The molecule has 2 aromatic rings. The van der Waals surface area contributed by atoms with Gasteiger partial charge in [-0.25, -0.2) is 4.98 Å². The van der Waals surface area contributed by atoms with Crippen LogP contribution in [-0.4, -0.2) is 32.8 Å². The number of nitrogens with zero attached hydrogens (tertiary/aromatic N) is 2. The average Bonchev–Trinajstić information content (AvgIpc) is 2.75. The molecule has 4 heteroatoms. The van der Waals surface area contributed by atoms with Gasteiger partial charge in [0.25, 0.3) is 0 Å². The molecular formula is C17H27N3O. The molecule has 1 atom stereocenters. The minimum Gasteiger partial charge on any atom is -0.390 e. The minimum atomic E-state index is -0.419. The van der Waals surface area contributed by atoms with Crippen LogP contribution in [0.2, 0.25) is 0 Å². The Balaban J connectivity index is 2.17. The van der Waals surface area contributed by atoms with E-state index in [9.17, 15) is 5.11 Å². The van der Waals surface area contributed by atoms with Crippen molar-refractivity contribution in [3.05, 3.63) is 30.1 Å². The number of rotatable bonds is 6. The van der Waals surface area contributed by atoms with Gasteiger partial charge in [0.1, 0.15) is 5.82 Å². The highest BCUT2D eigenvalue weighted by Gasteiger charge is 2.16. The van der Waals surface area contributed by atoms with Crippen LogP contribution in [0.25, 0.3) is 11.0 Å². The molecule has 1 unspecified atom stereocenters. The quantitative estimate of drug-likeness (QED) is 0.859. The van der Waals surface area contributed by atoms with E-state index < -0.39 is 6.10 Å². The molecule has 1 aromatic carbocycles. The Hall–Kier alpha value is -1.39. The second-order valence-electron chi connectivity index (χ2n) is 6.66. The molecule has 0 spiro atoms. The SMILES string of the molecule is CCCc1nc2ccccc2n1CC(O)CNC(C)(C)C. The first-order valence-corrected chi connectivity index (χ1v) is 7.78. The van der Waals surface area contributed by atoms with Crippen LogP contribution >= 0.6 is 0 Å². The van der Waals surface area contributed by atoms with Gasteiger partial charge in [0.05, 0.1) is 23.7 Å². The molecule has 116 valence electrons. The lowest BCUT2D eigenvalue weighted by atomic mass is 10.1. The fourth-order valence-electron chi connectivity index (χ4n) is 2.44. The third-order valence-electron chi connectivity index (χ3n) is 3.47. The molecule has 1 aromatic heterocycles. The molecule has 21 heavy (non-hydrogen) atoms. The lowest BCUT2D eigenvalue weighted by molar-refractivity contribution is 0.142. The van der Waals surface area contributed by atoms with E-state index in [1.54, 1.807) is 0 Å².